The molecule has 2 aromatic carbocycles. The molecule has 30 heavy (non-hydrogen) atoms. The van der Waals surface area contributed by atoms with E-state index in [0.29, 0.717) is 16.4 Å². The molecule has 1 aromatic heterocycles. The van der Waals surface area contributed by atoms with Crippen LogP contribution in [0.25, 0.3) is 17.3 Å². The summed E-state index contributed by atoms with van der Waals surface area (Å²) in [7, 11) is 1.42. The fraction of sp³-hybridized carbons (Fsp3) is 0.0952. The molecule has 7 nitrogen and oxygen atoms in total. The third kappa shape index (κ3) is 5.65. The highest BCUT2D eigenvalue weighted by Gasteiger charge is 2.10. The average Bonchev–Trinajstić information content (AvgIpc) is 3.20. The molecule has 0 saturated heterocycles. The first-order valence-corrected chi connectivity index (χ1v) is 9.56. The summed E-state index contributed by atoms with van der Waals surface area (Å²) in [5, 5.41) is 14.2. The Bertz CT molecular complexity index is 1080. The second-order valence-corrected chi connectivity index (χ2v) is 6.82. The Labute approximate surface area is 175 Å². The quantitative estimate of drug-likeness (QED) is 0.438. The molecule has 0 aliphatic carbocycles. The molecule has 0 fully saturated rings. The average molecular weight is 428 g/mol. The summed E-state index contributed by atoms with van der Waals surface area (Å²) in [5.41, 5.74) is 1.93. The molecule has 0 bridgehead atoms. The number of hydrogen-bond donors (Lipinski definition) is 2. The van der Waals surface area contributed by atoms with E-state index in [2.05, 4.69) is 10.3 Å². The number of aromatic hydroxyl groups is 1. The Balaban J connectivity index is 1.50. The summed E-state index contributed by atoms with van der Waals surface area (Å²) in [4.78, 5) is 28.0. The number of rotatable bonds is 7. The van der Waals surface area contributed by atoms with Crippen molar-refractivity contribution in [3.05, 3.63) is 65.3 Å². The molecule has 154 valence electrons. The van der Waals surface area contributed by atoms with Crippen LogP contribution in [0.2, 0.25) is 0 Å². The molecule has 0 aliphatic heterocycles. The van der Waals surface area contributed by atoms with Gasteiger partial charge in [0.05, 0.1) is 12.8 Å². The van der Waals surface area contributed by atoms with E-state index in [9.17, 15) is 19.1 Å². The highest BCUT2D eigenvalue weighted by Crippen LogP contribution is 2.27. The fourth-order valence-electron chi connectivity index (χ4n) is 2.39. The lowest BCUT2D eigenvalue weighted by atomic mass is 10.2. The number of aromatic nitrogens is 1. The van der Waals surface area contributed by atoms with Crippen molar-refractivity contribution in [2.24, 2.45) is 0 Å². The Hall–Kier alpha value is -3.72. The highest BCUT2D eigenvalue weighted by molar-refractivity contribution is 7.14. The van der Waals surface area contributed by atoms with E-state index in [1.807, 2.05) is 0 Å². The number of esters is 1. The highest BCUT2D eigenvalue weighted by atomic mass is 32.1. The fourth-order valence-corrected chi connectivity index (χ4v) is 3.12. The Morgan fingerprint density at radius 2 is 2.00 bits per heavy atom. The zero-order chi connectivity index (χ0) is 21.5. The lowest BCUT2D eigenvalue weighted by Crippen LogP contribution is -2.20. The maximum atomic E-state index is 13.0. The van der Waals surface area contributed by atoms with Gasteiger partial charge in [0.15, 0.2) is 23.2 Å². The molecule has 0 radical (unpaired) electrons. The first-order chi connectivity index (χ1) is 14.4. The van der Waals surface area contributed by atoms with Gasteiger partial charge < -0.3 is 14.6 Å². The van der Waals surface area contributed by atoms with Crippen molar-refractivity contribution in [2.45, 2.75) is 0 Å². The number of nitrogens with one attached hydrogen (secondary N) is 1. The van der Waals surface area contributed by atoms with Crippen molar-refractivity contribution in [1.82, 2.24) is 4.98 Å². The summed E-state index contributed by atoms with van der Waals surface area (Å²) < 4.78 is 22.9. The minimum Gasteiger partial charge on any atom is -0.504 e. The van der Waals surface area contributed by atoms with Gasteiger partial charge in [-0.3, -0.25) is 10.1 Å². The minimum atomic E-state index is -0.705. The third-order valence-corrected chi connectivity index (χ3v) is 4.61. The van der Waals surface area contributed by atoms with Crippen LogP contribution in [0.3, 0.4) is 0 Å². The predicted molar refractivity (Wildman–Crippen MR) is 111 cm³/mol. The number of phenols is 1. The predicted octanol–water partition coefficient (Wildman–Crippen LogP) is 3.86. The number of carbonyl (C=O) groups excluding carboxylic acids is 2. The van der Waals surface area contributed by atoms with E-state index < -0.39 is 18.5 Å². The molecule has 3 rings (SSSR count). The number of carbonyl (C=O) groups is 2. The summed E-state index contributed by atoms with van der Waals surface area (Å²) >= 11 is 1.20. The van der Waals surface area contributed by atoms with E-state index in [1.165, 1.54) is 42.7 Å². The standard InChI is InChI=1S/C21H17FN2O5S/c1-28-18-10-13(2-8-17(18)25)3-9-20(27)29-11-19(26)24-21-23-16(12-30-21)14-4-6-15(22)7-5-14/h2-10,12,25H,11H2,1H3,(H,23,24,26)/b9-3+. The molecular weight excluding hydrogens is 411 g/mol. The van der Waals surface area contributed by atoms with Gasteiger partial charge in [0.2, 0.25) is 0 Å². The number of thiazole rings is 1. The van der Waals surface area contributed by atoms with Gasteiger partial charge in [-0.05, 0) is 48.0 Å². The molecule has 1 amide bonds. The van der Waals surface area contributed by atoms with Crippen LogP contribution < -0.4 is 10.1 Å². The monoisotopic (exact) mass is 428 g/mol. The zero-order valence-corrected chi connectivity index (χ0v) is 16.6. The van der Waals surface area contributed by atoms with Crippen molar-refractivity contribution >= 4 is 34.4 Å². The SMILES string of the molecule is COc1cc(/C=C/C(=O)OCC(=O)Nc2nc(-c3ccc(F)cc3)cs2)ccc1O. The molecule has 0 saturated carbocycles. The number of methoxy groups -OCH3 is 1. The number of amides is 1. The van der Waals surface area contributed by atoms with Crippen molar-refractivity contribution in [3.63, 3.8) is 0 Å². The second kappa shape index (κ2) is 9.66. The third-order valence-electron chi connectivity index (χ3n) is 3.85. The van der Waals surface area contributed by atoms with Gasteiger partial charge in [-0.25, -0.2) is 14.2 Å². The van der Waals surface area contributed by atoms with Crippen molar-refractivity contribution in [2.75, 3.05) is 19.0 Å². The number of halogens is 1. The molecule has 0 atom stereocenters. The Kier molecular flexibility index (Phi) is 6.76. The number of benzene rings is 2. The van der Waals surface area contributed by atoms with Gasteiger partial charge in [-0.1, -0.05) is 6.07 Å². The number of phenolic OH excluding ortho intramolecular Hbond substituents is 1. The minimum absolute atomic E-state index is 0.0151. The van der Waals surface area contributed by atoms with Crippen LogP contribution in [0.15, 0.2) is 53.9 Å². The summed E-state index contributed by atoms with van der Waals surface area (Å²) in [6.45, 7) is -0.479. The first-order valence-electron chi connectivity index (χ1n) is 8.68. The van der Waals surface area contributed by atoms with Crippen molar-refractivity contribution < 1.29 is 28.6 Å². The number of anilines is 1. The number of hydrogen-bond acceptors (Lipinski definition) is 7. The molecule has 2 N–H and O–H groups in total. The van der Waals surface area contributed by atoms with Gasteiger partial charge in [-0.15, -0.1) is 11.3 Å². The van der Waals surface area contributed by atoms with Crippen LogP contribution in [0, 0.1) is 5.82 Å². The normalized spacial score (nSPS) is 10.7. The molecule has 0 aliphatic rings. The van der Waals surface area contributed by atoms with Crippen LogP contribution in [0.1, 0.15) is 5.56 Å². The maximum absolute atomic E-state index is 13.0. The lowest BCUT2D eigenvalue weighted by molar-refractivity contribution is -0.142. The van der Waals surface area contributed by atoms with Gasteiger partial charge in [0.1, 0.15) is 5.82 Å². The molecule has 9 heteroatoms. The van der Waals surface area contributed by atoms with Crippen molar-refractivity contribution in [3.8, 4) is 22.8 Å². The van der Waals surface area contributed by atoms with Gasteiger partial charge in [0.25, 0.3) is 5.91 Å². The van der Waals surface area contributed by atoms with Crippen LogP contribution in [0.4, 0.5) is 9.52 Å². The van der Waals surface area contributed by atoms with E-state index >= 15 is 0 Å². The summed E-state index contributed by atoms with van der Waals surface area (Å²) in [6, 6.07) is 10.4. The largest absolute Gasteiger partial charge is 0.504 e. The Morgan fingerprint density at radius 1 is 1.23 bits per heavy atom. The van der Waals surface area contributed by atoms with E-state index in [-0.39, 0.29) is 17.3 Å². The maximum Gasteiger partial charge on any atom is 0.331 e. The molecular formula is C21H17FN2O5S. The number of nitrogens with zero attached hydrogens (tertiary/aromatic N) is 1. The molecule has 0 spiro atoms. The first kappa shape index (κ1) is 21.0. The lowest BCUT2D eigenvalue weighted by Gasteiger charge is -2.04. The summed E-state index contributed by atoms with van der Waals surface area (Å²) in [6.07, 6.45) is 2.63. The van der Waals surface area contributed by atoms with E-state index in [4.69, 9.17) is 9.47 Å². The topological polar surface area (TPSA) is 97.8 Å². The molecule has 1 heterocycles. The molecule has 3 aromatic rings. The van der Waals surface area contributed by atoms with Crippen molar-refractivity contribution in [1.29, 1.82) is 0 Å². The Morgan fingerprint density at radius 3 is 2.73 bits per heavy atom. The van der Waals surface area contributed by atoms with Crippen LogP contribution in [-0.4, -0.2) is 35.7 Å². The zero-order valence-electron chi connectivity index (χ0n) is 15.8. The molecule has 0 unspecified atom stereocenters. The second-order valence-electron chi connectivity index (χ2n) is 5.97. The smallest absolute Gasteiger partial charge is 0.331 e. The van der Waals surface area contributed by atoms with Gasteiger partial charge >= 0.3 is 5.97 Å². The van der Waals surface area contributed by atoms with Crippen LogP contribution in [-0.2, 0) is 14.3 Å². The van der Waals surface area contributed by atoms with E-state index in [0.717, 1.165) is 11.6 Å². The number of ether oxygens (including phenoxy) is 2. The summed E-state index contributed by atoms with van der Waals surface area (Å²) in [5.74, 6) is -1.33. The van der Waals surface area contributed by atoms with E-state index in [1.54, 1.807) is 29.6 Å². The van der Waals surface area contributed by atoms with Gasteiger partial charge in [-0.2, -0.15) is 0 Å². The van der Waals surface area contributed by atoms with Crippen LogP contribution >= 0.6 is 11.3 Å². The van der Waals surface area contributed by atoms with Gasteiger partial charge in [0, 0.05) is 17.0 Å². The van der Waals surface area contributed by atoms with Crippen LogP contribution in [0.5, 0.6) is 11.5 Å².